The Labute approximate surface area is 113 Å². The first-order valence-corrected chi connectivity index (χ1v) is 8.12. The van der Waals surface area contributed by atoms with Gasteiger partial charge in [0.25, 0.3) is 0 Å². The summed E-state index contributed by atoms with van der Waals surface area (Å²) in [5, 5.41) is 0. The summed E-state index contributed by atoms with van der Waals surface area (Å²) >= 11 is 0. The van der Waals surface area contributed by atoms with E-state index in [-0.39, 0.29) is 5.75 Å². The summed E-state index contributed by atoms with van der Waals surface area (Å²) in [7, 11) is -3.21. The summed E-state index contributed by atoms with van der Waals surface area (Å²) in [6.07, 6.45) is 1.65. The number of sulfonamides is 1. The number of hydrogen-bond acceptors (Lipinski definition) is 4. The van der Waals surface area contributed by atoms with Crippen LogP contribution in [0.3, 0.4) is 0 Å². The molecule has 1 aromatic rings. The van der Waals surface area contributed by atoms with E-state index in [0.717, 1.165) is 24.2 Å². The molecular weight excluding hydrogens is 266 g/mol. The number of ether oxygens (including phenoxy) is 2. The summed E-state index contributed by atoms with van der Waals surface area (Å²) < 4.78 is 37.3. The number of benzene rings is 1. The Bertz CT molecular complexity index is 593. The molecule has 0 saturated heterocycles. The van der Waals surface area contributed by atoms with Crippen molar-refractivity contribution >= 4 is 10.0 Å². The van der Waals surface area contributed by atoms with Crippen molar-refractivity contribution in [3.63, 3.8) is 0 Å². The molecule has 19 heavy (non-hydrogen) atoms. The quantitative estimate of drug-likeness (QED) is 0.907. The number of hydrogen-bond donors (Lipinski definition) is 1. The van der Waals surface area contributed by atoms with Crippen molar-refractivity contribution in [3.05, 3.63) is 23.8 Å². The number of rotatable bonds is 4. The largest absolute Gasteiger partial charge is 0.486 e. The van der Waals surface area contributed by atoms with Crippen molar-refractivity contribution in [3.8, 4) is 11.5 Å². The highest BCUT2D eigenvalue weighted by atomic mass is 32.2. The van der Waals surface area contributed by atoms with E-state index < -0.39 is 15.6 Å². The van der Waals surface area contributed by atoms with Crippen LogP contribution < -0.4 is 14.2 Å². The molecule has 1 N–H and O–H groups in total. The first-order valence-electron chi connectivity index (χ1n) is 6.46. The Morgan fingerprint density at radius 3 is 2.53 bits per heavy atom. The molecule has 0 amide bonds. The molecule has 2 aliphatic rings. The Hall–Kier alpha value is -1.27. The minimum Gasteiger partial charge on any atom is -0.486 e. The normalized spacial score (nSPS) is 20.1. The van der Waals surface area contributed by atoms with Gasteiger partial charge in [-0.15, -0.1) is 0 Å². The van der Waals surface area contributed by atoms with E-state index >= 15 is 0 Å². The minimum absolute atomic E-state index is 0.0965. The molecule has 1 fully saturated rings. The maximum Gasteiger partial charge on any atom is 0.212 e. The average molecular weight is 283 g/mol. The van der Waals surface area contributed by atoms with Gasteiger partial charge in [-0.3, -0.25) is 0 Å². The fraction of sp³-hybridized carbons (Fsp3) is 0.538. The predicted octanol–water partition coefficient (Wildman–Crippen LogP) is 1.39. The third-order valence-corrected chi connectivity index (χ3v) is 5.04. The van der Waals surface area contributed by atoms with Crippen molar-refractivity contribution in [1.29, 1.82) is 0 Å². The van der Waals surface area contributed by atoms with Gasteiger partial charge in [-0.2, -0.15) is 0 Å². The molecule has 0 spiro atoms. The smallest absolute Gasteiger partial charge is 0.212 e. The number of fused-ring (bicyclic) bond motifs is 1. The van der Waals surface area contributed by atoms with Gasteiger partial charge in [-0.1, -0.05) is 6.07 Å². The van der Waals surface area contributed by atoms with Gasteiger partial charge in [-0.25, -0.2) is 13.1 Å². The summed E-state index contributed by atoms with van der Waals surface area (Å²) in [4.78, 5) is 0. The summed E-state index contributed by atoms with van der Waals surface area (Å²) in [5.74, 6) is 1.52. The van der Waals surface area contributed by atoms with Gasteiger partial charge in [-0.05, 0) is 37.5 Å². The van der Waals surface area contributed by atoms with Gasteiger partial charge >= 0.3 is 0 Å². The second-order valence-corrected chi connectivity index (χ2v) is 6.96. The first kappa shape index (κ1) is 12.7. The van der Waals surface area contributed by atoms with Crippen molar-refractivity contribution in [1.82, 2.24) is 4.72 Å². The zero-order valence-corrected chi connectivity index (χ0v) is 11.6. The van der Waals surface area contributed by atoms with Crippen molar-refractivity contribution in [2.45, 2.75) is 25.3 Å². The van der Waals surface area contributed by atoms with Crippen LogP contribution in [-0.2, 0) is 15.6 Å². The molecule has 0 bridgehead atoms. The Balaban J connectivity index is 1.90. The zero-order valence-electron chi connectivity index (χ0n) is 10.8. The SMILES string of the molecule is CCS(=O)(=O)NC1(c2ccc3c(c2)OCCO3)CC1. The van der Waals surface area contributed by atoms with Gasteiger partial charge in [0.15, 0.2) is 11.5 Å². The molecule has 1 aliphatic carbocycles. The van der Waals surface area contributed by atoms with Gasteiger partial charge < -0.3 is 9.47 Å². The second-order valence-electron chi connectivity index (χ2n) is 4.95. The van der Waals surface area contributed by atoms with Crippen LogP contribution in [-0.4, -0.2) is 27.4 Å². The molecule has 0 unspecified atom stereocenters. The lowest BCUT2D eigenvalue weighted by Gasteiger charge is -2.22. The predicted molar refractivity (Wildman–Crippen MR) is 70.9 cm³/mol. The van der Waals surface area contributed by atoms with E-state index in [2.05, 4.69) is 4.72 Å². The Kier molecular flexibility index (Phi) is 2.94. The van der Waals surface area contributed by atoms with Gasteiger partial charge in [0.1, 0.15) is 13.2 Å². The van der Waals surface area contributed by atoms with Crippen LogP contribution in [0.25, 0.3) is 0 Å². The van der Waals surface area contributed by atoms with Crippen molar-refractivity contribution in [2.24, 2.45) is 0 Å². The van der Waals surface area contributed by atoms with E-state index in [4.69, 9.17) is 9.47 Å². The molecule has 5 nitrogen and oxygen atoms in total. The molecule has 1 heterocycles. The molecule has 0 radical (unpaired) electrons. The third-order valence-electron chi connectivity index (χ3n) is 3.58. The van der Waals surface area contributed by atoms with Crippen LogP contribution in [0.4, 0.5) is 0 Å². The highest BCUT2D eigenvalue weighted by Gasteiger charge is 2.47. The van der Waals surface area contributed by atoms with Crippen LogP contribution >= 0.6 is 0 Å². The van der Waals surface area contributed by atoms with Crippen LogP contribution in [0.1, 0.15) is 25.3 Å². The van der Waals surface area contributed by atoms with Gasteiger partial charge in [0, 0.05) is 0 Å². The van der Waals surface area contributed by atoms with Crippen LogP contribution in [0.15, 0.2) is 18.2 Å². The van der Waals surface area contributed by atoms with E-state index in [9.17, 15) is 8.42 Å². The minimum atomic E-state index is -3.21. The molecule has 0 atom stereocenters. The van der Waals surface area contributed by atoms with Crippen LogP contribution in [0, 0.1) is 0 Å². The lowest BCUT2D eigenvalue weighted by atomic mass is 10.1. The van der Waals surface area contributed by atoms with Crippen molar-refractivity contribution < 1.29 is 17.9 Å². The third kappa shape index (κ3) is 2.42. The molecule has 1 aliphatic heterocycles. The summed E-state index contributed by atoms with van der Waals surface area (Å²) in [6, 6.07) is 5.66. The van der Waals surface area contributed by atoms with E-state index in [1.807, 2.05) is 18.2 Å². The molecule has 1 saturated carbocycles. The Morgan fingerprint density at radius 2 is 1.89 bits per heavy atom. The molecule has 104 valence electrons. The maximum absolute atomic E-state index is 11.7. The molecule has 6 heteroatoms. The van der Waals surface area contributed by atoms with Crippen LogP contribution in [0.2, 0.25) is 0 Å². The topological polar surface area (TPSA) is 64.6 Å². The second kappa shape index (κ2) is 4.38. The van der Waals surface area contributed by atoms with Gasteiger partial charge in [0.2, 0.25) is 10.0 Å². The Morgan fingerprint density at radius 1 is 1.21 bits per heavy atom. The monoisotopic (exact) mass is 283 g/mol. The highest BCUT2D eigenvalue weighted by molar-refractivity contribution is 7.89. The van der Waals surface area contributed by atoms with Crippen molar-refractivity contribution in [2.75, 3.05) is 19.0 Å². The van der Waals surface area contributed by atoms with Crippen LogP contribution in [0.5, 0.6) is 11.5 Å². The fourth-order valence-corrected chi connectivity index (χ4v) is 3.35. The van der Waals surface area contributed by atoms with E-state index in [0.29, 0.717) is 19.0 Å². The fourth-order valence-electron chi connectivity index (χ4n) is 2.29. The van der Waals surface area contributed by atoms with Gasteiger partial charge in [0.05, 0.1) is 11.3 Å². The summed E-state index contributed by atoms with van der Waals surface area (Å²) in [6.45, 7) is 2.73. The van der Waals surface area contributed by atoms with E-state index in [1.165, 1.54) is 0 Å². The maximum atomic E-state index is 11.7. The standard InChI is InChI=1S/C13H17NO4S/c1-2-19(15,16)14-13(5-6-13)10-3-4-11-12(9-10)18-8-7-17-11/h3-4,9,14H,2,5-8H2,1H3. The zero-order chi connectivity index (χ0) is 13.5. The first-order chi connectivity index (χ1) is 9.05. The molecule has 0 aromatic heterocycles. The molecule has 1 aromatic carbocycles. The summed E-state index contributed by atoms with van der Waals surface area (Å²) in [5.41, 5.74) is 0.513. The van der Waals surface area contributed by atoms with E-state index in [1.54, 1.807) is 6.92 Å². The molecule has 3 rings (SSSR count). The molecular formula is C13H17NO4S. The number of nitrogens with one attached hydrogen (secondary N) is 1. The lowest BCUT2D eigenvalue weighted by molar-refractivity contribution is 0.171. The highest BCUT2D eigenvalue weighted by Crippen LogP contribution is 2.48. The lowest BCUT2D eigenvalue weighted by Crippen LogP contribution is -2.35. The average Bonchev–Trinajstić information content (AvgIpc) is 3.18.